The number of hydrogen-bond donors (Lipinski definition) is 3. The van der Waals surface area contributed by atoms with E-state index in [4.69, 9.17) is 11.6 Å². The summed E-state index contributed by atoms with van der Waals surface area (Å²) in [4.78, 5) is 20.9. The molecular formula is C12H8ClN5O3S2. The maximum atomic E-state index is 12.6. The van der Waals surface area contributed by atoms with Gasteiger partial charge >= 0.3 is 5.69 Å². The summed E-state index contributed by atoms with van der Waals surface area (Å²) < 4.78 is 29.1. The molecular weight excluding hydrogens is 362 g/mol. The van der Waals surface area contributed by atoms with Crippen molar-refractivity contribution >= 4 is 54.6 Å². The normalized spacial score (nSPS) is 12.2. The molecule has 4 aromatic rings. The molecule has 0 saturated carbocycles. The lowest BCUT2D eigenvalue weighted by Gasteiger charge is -2.07. The molecule has 0 unspecified atom stereocenters. The van der Waals surface area contributed by atoms with Crippen molar-refractivity contribution < 1.29 is 8.42 Å². The van der Waals surface area contributed by atoms with Crippen LogP contribution in [-0.2, 0) is 10.0 Å². The Morgan fingerprint density at radius 3 is 2.87 bits per heavy atom. The predicted octanol–water partition coefficient (Wildman–Crippen LogP) is 2.02. The first-order chi connectivity index (χ1) is 10.9. The Morgan fingerprint density at radius 2 is 2.04 bits per heavy atom. The Labute approximate surface area is 137 Å². The summed E-state index contributed by atoms with van der Waals surface area (Å²) in [5.41, 5.74) is 1.02. The molecule has 0 atom stereocenters. The summed E-state index contributed by atoms with van der Waals surface area (Å²) in [5.74, 6) is 0. The highest BCUT2D eigenvalue weighted by atomic mass is 35.5. The number of hydrogen-bond acceptors (Lipinski definition) is 5. The van der Waals surface area contributed by atoms with Gasteiger partial charge in [0.2, 0.25) is 0 Å². The Balaban J connectivity index is 1.80. The lowest BCUT2D eigenvalue weighted by atomic mass is 10.3. The zero-order valence-electron chi connectivity index (χ0n) is 11.2. The van der Waals surface area contributed by atoms with Crippen molar-refractivity contribution in [2.75, 3.05) is 4.72 Å². The molecule has 0 spiro atoms. The monoisotopic (exact) mass is 369 g/mol. The minimum absolute atomic E-state index is 0.0968. The highest BCUT2D eigenvalue weighted by Gasteiger charge is 2.25. The number of H-pyrrole nitrogens is 2. The van der Waals surface area contributed by atoms with Crippen LogP contribution in [0.2, 0.25) is 5.15 Å². The zero-order valence-corrected chi connectivity index (χ0v) is 13.6. The van der Waals surface area contributed by atoms with Crippen LogP contribution in [-0.4, -0.2) is 27.8 Å². The molecule has 0 amide bonds. The molecule has 3 N–H and O–H groups in total. The summed E-state index contributed by atoms with van der Waals surface area (Å²) in [7, 11) is -3.94. The minimum atomic E-state index is -3.94. The highest BCUT2D eigenvalue weighted by molar-refractivity contribution is 7.92. The van der Waals surface area contributed by atoms with E-state index in [0.717, 1.165) is 0 Å². The number of rotatable bonds is 3. The molecule has 0 radical (unpaired) electrons. The molecule has 23 heavy (non-hydrogen) atoms. The number of benzene rings is 1. The molecule has 3 aromatic heterocycles. The average Bonchev–Trinajstić information content (AvgIpc) is 3.10. The molecule has 8 nitrogen and oxygen atoms in total. The molecule has 0 bridgehead atoms. The lowest BCUT2D eigenvalue weighted by molar-refractivity contribution is 0.597. The third kappa shape index (κ3) is 2.31. The third-order valence-electron chi connectivity index (χ3n) is 3.20. The van der Waals surface area contributed by atoms with Crippen LogP contribution < -0.4 is 10.4 Å². The number of nitrogens with zero attached hydrogens (tertiary/aromatic N) is 2. The van der Waals surface area contributed by atoms with Crippen molar-refractivity contribution in [2.45, 2.75) is 5.03 Å². The van der Waals surface area contributed by atoms with E-state index in [1.807, 2.05) is 0 Å². The van der Waals surface area contributed by atoms with Gasteiger partial charge in [-0.3, -0.25) is 9.12 Å². The maximum Gasteiger partial charge on any atom is 0.323 e. The van der Waals surface area contributed by atoms with Crippen LogP contribution in [0.3, 0.4) is 0 Å². The van der Waals surface area contributed by atoms with Crippen molar-refractivity contribution in [1.82, 2.24) is 19.4 Å². The second-order valence-electron chi connectivity index (χ2n) is 4.71. The summed E-state index contributed by atoms with van der Waals surface area (Å²) in [6.45, 7) is 0. The molecule has 0 aliphatic carbocycles. The fourth-order valence-electron chi connectivity index (χ4n) is 2.28. The van der Waals surface area contributed by atoms with E-state index in [-0.39, 0.29) is 15.9 Å². The first-order valence-corrected chi connectivity index (χ1v) is 9.04. The molecule has 11 heteroatoms. The third-order valence-corrected chi connectivity index (χ3v) is 5.74. The number of sulfonamides is 1. The van der Waals surface area contributed by atoms with Crippen LogP contribution in [0.15, 0.2) is 39.6 Å². The minimum Gasteiger partial charge on any atom is -0.306 e. The van der Waals surface area contributed by atoms with Crippen molar-refractivity contribution in [3.63, 3.8) is 0 Å². The quantitative estimate of drug-likeness (QED) is 0.512. The van der Waals surface area contributed by atoms with Crippen LogP contribution >= 0.6 is 22.9 Å². The van der Waals surface area contributed by atoms with Gasteiger partial charge in [-0.15, -0.1) is 11.3 Å². The van der Waals surface area contributed by atoms with E-state index in [1.54, 1.807) is 23.7 Å². The van der Waals surface area contributed by atoms with Crippen LogP contribution in [0, 0.1) is 0 Å². The molecule has 1 aromatic carbocycles. The van der Waals surface area contributed by atoms with E-state index in [0.29, 0.717) is 21.7 Å². The van der Waals surface area contributed by atoms with Crippen LogP contribution in [0.4, 0.5) is 5.69 Å². The molecule has 0 saturated heterocycles. The number of aromatic amines is 2. The maximum absolute atomic E-state index is 12.6. The van der Waals surface area contributed by atoms with Crippen molar-refractivity contribution in [2.24, 2.45) is 0 Å². The number of nitrogens with one attached hydrogen (secondary N) is 3. The Bertz CT molecular complexity index is 1200. The van der Waals surface area contributed by atoms with Gasteiger partial charge in [0.25, 0.3) is 10.0 Å². The molecule has 0 fully saturated rings. The topological polar surface area (TPSA) is 112 Å². The molecule has 4 rings (SSSR count). The summed E-state index contributed by atoms with van der Waals surface area (Å²) in [6, 6.07) is 4.66. The van der Waals surface area contributed by atoms with Gasteiger partial charge in [0, 0.05) is 11.6 Å². The second-order valence-corrected chi connectivity index (χ2v) is 7.54. The van der Waals surface area contributed by atoms with Gasteiger partial charge in [-0.25, -0.2) is 9.78 Å². The molecule has 0 aliphatic heterocycles. The molecule has 0 aliphatic rings. The smallest absolute Gasteiger partial charge is 0.306 e. The predicted molar refractivity (Wildman–Crippen MR) is 87.8 cm³/mol. The van der Waals surface area contributed by atoms with Crippen LogP contribution in [0.25, 0.3) is 16.0 Å². The van der Waals surface area contributed by atoms with E-state index in [9.17, 15) is 13.2 Å². The molecule has 3 heterocycles. The van der Waals surface area contributed by atoms with Crippen molar-refractivity contribution in [3.8, 4) is 0 Å². The number of thiazole rings is 1. The number of anilines is 1. The summed E-state index contributed by atoms with van der Waals surface area (Å²) in [6.07, 6.45) is 1.58. The van der Waals surface area contributed by atoms with Gasteiger partial charge in [0.05, 0.1) is 16.7 Å². The lowest BCUT2D eigenvalue weighted by Crippen LogP contribution is -2.15. The van der Waals surface area contributed by atoms with Crippen molar-refractivity contribution in [3.05, 3.63) is 45.4 Å². The fourth-order valence-corrected chi connectivity index (χ4v) is 4.78. The van der Waals surface area contributed by atoms with Crippen molar-refractivity contribution in [1.29, 1.82) is 0 Å². The SMILES string of the molecule is O=c1[nH]c2ccc(NS(=O)(=O)c3c(Cl)nc4sccn34)cc2[nH]1. The van der Waals surface area contributed by atoms with Crippen LogP contribution in [0.1, 0.15) is 0 Å². The largest absolute Gasteiger partial charge is 0.323 e. The fraction of sp³-hybridized carbons (Fsp3) is 0. The standard InChI is InChI=1S/C12H8ClN5O3S2/c13-9-10(18-3-4-22-12(18)16-9)23(20,21)17-6-1-2-7-8(5-6)15-11(19)14-7/h1-5,17H,(H2,14,15,19). The van der Waals surface area contributed by atoms with E-state index in [2.05, 4.69) is 19.7 Å². The van der Waals surface area contributed by atoms with E-state index in [1.165, 1.54) is 21.8 Å². The van der Waals surface area contributed by atoms with E-state index >= 15 is 0 Å². The first kappa shape index (κ1) is 14.3. The Hall–Kier alpha value is -2.30. The number of aromatic nitrogens is 4. The number of halogens is 1. The number of imidazole rings is 2. The summed E-state index contributed by atoms with van der Waals surface area (Å²) in [5, 5.41) is 1.49. The van der Waals surface area contributed by atoms with E-state index < -0.39 is 10.0 Å². The summed E-state index contributed by atoms with van der Waals surface area (Å²) >= 11 is 7.24. The average molecular weight is 370 g/mol. The van der Waals surface area contributed by atoms with Gasteiger partial charge in [-0.1, -0.05) is 11.6 Å². The van der Waals surface area contributed by atoms with Gasteiger partial charge in [0.15, 0.2) is 15.1 Å². The van der Waals surface area contributed by atoms with Gasteiger partial charge in [-0.2, -0.15) is 8.42 Å². The second kappa shape index (κ2) is 4.85. The van der Waals surface area contributed by atoms with Gasteiger partial charge in [0.1, 0.15) is 0 Å². The van der Waals surface area contributed by atoms with Gasteiger partial charge in [-0.05, 0) is 18.2 Å². The number of fused-ring (bicyclic) bond motifs is 2. The van der Waals surface area contributed by atoms with Gasteiger partial charge < -0.3 is 9.97 Å². The highest BCUT2D eigenvalue weighted by Crippen LogP contribution is 2.27. The zero-order chi connectivity index (χ0) is 16.2. The molecule has 118 valence electrons. The first-order valence-electron chi connectivity index (χ1n) is 6.30. The van der Waals surface area contributed by atoms with Crippen LogP contribution in [0.5, 0.6) is 0 Å². The Kier molecular flexibility index (Phi) is 3.01. The Morgan fingerprint density at radius 1 is 1.26 bits per heavy atom.